The van der Waals surface area contributed by atoms with Crippen LogP contribution in [0.25, 0.3) is 10.8 Å². The van der Waals surface area contributed by atoms with E-state index in [0.29, 0.717) is 32.6 Å². The lowest BCUT2D eigenvalue weighted by Gasteiger charge is -2.33. The normalized spacial score (nSPS) is 22.4. The second-order valence-corrected chi connectivity index (χ2v) is 11.6. The number of ketones is 2. The van der Waals surface area contributed by atoms with Crippen molar-refractivity contribution in [3.05, 3.63) is 131 Å². The number of carbonyl (C=O) groups is 4. The lowest BCUT2D eigenvalue weighted by molar-refractivity contribution is -0.123. The molecule has 0 saturated carbocycles. The zero-order valence-corrected chi connectivity index (χ0v) is 24.6. The molecule has 8 heteroatoms. The van der Waals surface area contributed by atoms with Crippen LogP contribution in [0.15, 0.2) is 119 Å². The van der Waals surface area contributed by atoms with Crippen LogP contribution in [-0.4, -0.2) is 47.5 Å². The van der Waals surface area contributed by atoms with E-state index in [4.69, 9.17) is 4.74 Å². The summed E-state index contributed by atoms with van der Waals surface area (Å²) in [5.41, 5.74) is 1.80. The van der Waals surface area contributed by atoms with Crippen molar-refractivity contribution in [1.29, 1.82) is 0 Å². The van der Waals surface area contributed by atoms with Gasteiger partial charge in [0.05, 0.1) is 35.1 Å². The van der Waals surface area contributed by atoms with Gasteiger partial charge in [0.2, 0.25) is 11.8 Å². The summed E-state index contributed by atoms with van der Waals surface area (Å²) in [4.78, 5) is 59.3. The molecule has 4 aromatic rings. The molecule has 212 valence electrons. The van der Waals surface area contributed by atoms with Gasteiger partial charge in [0.1, 0.15) is 11.8 Å². The minimum atomic E-state index is -0.951. The van der Waals surface area contributed by atoms with Crippen molar-refractivity contribution in [2.75, 3.05) is 12.0 Å². The topological polar surface area (TPSA) is 84.0 Å². The summed E-state index contributed by atoms with van der Waals surface area (Å²) in [6.07, 6.45) is 5.08. The first-order valence-electron chi connectivity index (χ1n) is 13.9. The van der Waals surface area contributed by atoms with Gasteiger partial charge in [-0.25, -0.2) is 4.90 Å². The number of hydrogen-bond acceptors (Lipinski definition) is 6. The molecule has 2 amide bonds. The minimum Gasteiger partial charge on any atom is -0.496 e. The molecule has 2 fully saturated rings. The Hall–Kier alpha value is -4.82. The third kappa shape index (κ3) is 4.24. The number of rotatable bonds is 6. The summed E-state index contributed by atoms with van der Waals surface area (Å²) in [6, 6.07) is 25.4. The largest absolute Gasteiger partial charge is 0.496 e. The fraction of sp³-hybridized carbons (Fsp3) is 0.143. The van der Waals surface area contributed by atoms with E-state index >= 15 is 0 Å². The van der Waals surface area contributed by atoms with E-state index in [-0.39, 0.29) is 17.5 Å². The minimum absolute atomic E-state index is 0.190. The maximum absolute atomic E-state index is 14.3. The molecule has 7 nitrogen and oxygen atoms in total. The molecule has 3 aliphatic heterocycles. The van der Waals surface area contributed by atoms with Crippen molar-refractivity contribution in [2.24, 2.45) is 11.8 Å². The number of carbonyl (C=O) groups excluding carboxylic acids is 4. The first kappa shape index (κ1) is 27.0. The molecule has 3 aliphatic rings. The second kappa shape index (κ2) is 10.5. The van der Waals surface area contributed by atoms with E-state index in [9.17, 15) is 19.2 Å². The number of amides is 2. The van der Waals surface area contributed by atoms with Gasteiger partial charge in [-0.05, 0) is 51.7 Å². The summed E-state index contributed by atoms with van der Waals surface area (Å²) < 4.78 is 5.94. The number of benzene rings is 4. The average molecular weight is 633 g/mol. The van der Waals surface area contributed by atoms with Gasteiger partial charge in [-0.1, -0.05) is 72.8 Å². The Balaban J connectivity index is 1.34. The van der Waals surface area contributed by atoms with Crippen LogP contribution in [0.1, 0.15) is 20.7 Å². The number of allylic oxidation sites excluding steroid dienone is 2. The van der Waals surface area contributed by atoms with E-state index in [1.807, 2.05) is 42.5 Å². The molecule has 0 aliphatic carbocycles. The fourth-order valence-corrected chi connectivity index (χ4v) is 7.13. The highest BCUT2D eigenvalue weighted by molar-refractivity contribution is 9.10. The van der Waals surface area contributed by atoms with E-state index in [1.54, 1.807) is 71.8 Å². The SMILES string of the molecule is COc1ccc(C(=O)[C@H]2[C@@H]3C(=O)N(c4cccc5ccccc45)C(=O)[C@@H]3[C@H]3C=C(C(=O)c4ccccc4)C=CN32)cc1Br. The lowest BCUT2D eigenvalue weighted by Crippen LogP contribution is -2.46. The molecule has 3 heterocycles. The molecular formula is C35H25BrN2O5. The van der Waals surface area contributed by atoms with Crippen molar-refractivity contribution in [3.63, 3.8) is 0 Å². The molecule has 0 unspecified atom stereocenters. The van der Waals surface area contributed by atoms with Gasteiger partial charge in [-0.15, -0.1) is 0 Å². The van der Waals surface area contributed by atoms with Crippen LogP contribution in [0.4, 0.5) is 5.69 Å². The number of methoxy groups -OCH3 is 1. The van der Waals surface area contributed by atoms with Crippen LogP contribution < -0.4 is 9.64 Å². The summed E-state index contributed by atoms with van der Waals surface area (Å²) in [6.45, 7) is 0. The fourth-order valence-electron chi connectivity index (χ4n) is 6.59. The van der Waals surface area contributed by atoms with Crippen LogP contribution in [-0.2, 0) is 9.59 Å². The van der Waals surface area contributed by atoms with Gasteiger partial charge < -0.3 is 9.64 Å². The summed E-state index contributed by atoms with van der Waals surface area (Å²) >= 11 is 3.46. The Bertz CT molecular complexity index is 1890. The molecule has 4 atom stereocenters. The van der Waals surface area contributed by atoms with E-state index in [0.717, 1.165) is 10.8 Å². The highest BCUT2D eigenvalue weighted by Gasteiger charge is 2.63. The van der Waals surface area contributed by atoms with Crippen molar-refractivity contribution in [3.8, 4) is 5.75 Å². The Morgan fingerprint density at radius 1 is 0.814 bits per heavy atom. The predicted octanol–water partition coefficient (Wildman–Crippen LogP) is 5.99. The Morgan fingerprint density at radius 2 is 1.53 bits per heavy atom. The molecule has 7 rings (SSSR count). The number of imide groups is 1. The highest BCUT2D eigenvalue weighted by Crippen LogP contribution is 2.48. The highest BCUT2D eigenvalue weighted by atomic mass is 79.9. The third-order valence-corrected chi connectivity index (χ3v) is 9.18. The number of hydrogen-bond donors (Lipinski definition) is 0. The van der Waals surface area contributed by atoms with E-state index < -0.39 is 29.8 Å². The Kier molecular flexibility index (Phi) is 6.58. The lowest BCUT2D eigenvalue weighted by atomic mass is 9.85. The van der Waals surface area contributed by atoms with Gasteiger partial charge in [-0.2, -0.15) is 0 Å². The van der Waals surface area contributed by atoms with Crippen molar-refractivity contribution >= 4 is 55.8 Å². The first-order valence-corrected chi connectivity index (χ1v) is 14.7. The third-order valence-electron chi connectivity index (χ3n) is 8.56. The number of nitrogens with zero attached hydrogens (tertiary/aromatic N) is 2. The molecule has 0 N–H and O–H groups in total. The number of Topliss-reactive ketones (excluding diaryl/α,β-unsaturated/α-hetero) is 2. The van der Waals surface area contributed by atoms with Gasteiger partial charge in [0.25, 0.3) is 0 Å². The number of fused-ring (bicyclic) bond motifs is 4. The monoisotopic (exact) mass is 632 g/mol. The maximum Gasteiger partial charge on any atom is 0.240 e. The molecule has 4 aromatic carbocycles. The number of halogens is 1. The number of ether oxygens (including phenoxy) is 1. The van der Waals surface area contributed by atoms with E-state index in [1.165, 1.54) is 12.0 Å². The van der Waals surface area contributed by atoms with Crippen LogP contribution in [0, 0.1) is 11.8 Å². The number of anilines is 1. The molecule has 0 spiro atoms. The van der Waals surface area contributed by atoms with Crippen molar-refractivity contribution in [2.45, 2.75) is 12.1 Å². The van der Waals surface area contributed by atoms with Gasteiger partial charge in [-0.3, -0.25) is 19.2 Å². The molecule has 2 saturated heterocycles. The molecular weight excluding hydrogens is 608 g/mol. The van der Waals surface area contributed by atoms with Crippen LogP contribution in [0.5, 0.6) is 5.75 Å². The average Bonchev–Trinajstić information content (AvgIpc) is 3.51. The quantitative estimate of drug-likeness (QED) is 0.192. The van der Waals surface area contributed by atoms with Crippen LogP contribution >= 0.6 is 15.9 Å². The van der Waals surface area contributed by atoms with Crippen LogP contribution in [0.3, 0.4) is 0 Å². The molecule has 43 heavy (non-hydrogen) atoms. The van der Waals surface area contributed by atoms with Crippen LogP contribution in [0.2, 0.25) is 0 Å². The van der Waals surface area contributed by atoms with Gasteiger partial charge in [0, 0.05) is 28.3 Å². The summed E-state index contributed by atoms with van der Waals surface area (Å²) in [5.74, 6) is -2.53. The summed E-state index contributed by atoms with van der Waals surface area (Å²) in [7, 11) is 1.54. The first-order chi connectivity index (χ1) is 20.9. The zero-order chi connectivity index (χ0) is 29.8. The predicted molar refractivity (Wildman–Crippen MR) is 166 cm³/mol. The maximum atomic E-state index is 14.3. The second-order valence-electron chi connectivity index (χ2n) is 10.8. The van der Waals surface area contributed by atoms with Crippen molar-refractivity contribution < 1.29 is 23.9 Å². The zero-order valence-electron chi connectivity index (χ0n) is 23.0. The molecule has 0 aromatic heterocycles. The van der Waals surface area contributed by atoms with Gasteiger partial charge in [0.15, 0.2) is 11.6 Å². The molecule has 0 bridgehead atoms. The standard InChI is InChI=1S/C35H25BrN2O5/c1-43-28-15-14-22(18-25(28)36)33(40)31-30-29(27-19-23(16-17-37(27)31)32(39)21-9-3-2-4-10-21)34(41)38(35(30)42)26-13-7-11-20-8-5-6-12-24(20)26/h2-19,27,29-31H,1H3/t27-,29-,30-,31-/m1/s1. The molecule has 0 radical (unpaired) electrons. The van der Waals surface area contributed by atoms with Gasteiger partial charge >= 0.3 is 0 Å². The summed E-state index contributed by atoms with van der Waals surface area (Å²) in [5, 5.41) is 1.66. The van der Waals surface area contributed by atoms with E-state index in [2.05, 4.69) is 15.9 Å². The smallest absolute Gasteiger partial charge is 0.240 e. The van der Waals surface area contributed by atoms with Crippen molar-refractivity contribution in [1.82, 2.24) is 4.90 Å². The Labute approximate surface area is 256 Å². The Morgan fingerprint density at radius 3 is 2.30 bits per heavy atom.